The highest BCUT2D eigenvalue weighted by atomic mass is 16.5. The molecule has 174 valence electrons. The highest BCUT2D eigenvalue weighted by molar-refractivity contribution is 6.03. The maximum atomic E-state index is 12.9. The van der Waals surface area contributed by atoms with Crippen LogP contribution in [0.25, 0.3) is 11.0 Å². The number of pyridine rings is 1. The van der Waals surface area contributed by atoms with Gasteiger partial charge < -0.3 is 10.1 Å². The molecule has 0 unspecified atom stereocenters. The van der Waals surface area contributed by atoms with E-state index < -0.39 is 5.97 Å². The summed E-state index contributed by atoms with van der Waals surface area (Å²) in [6.07, 6.45) is 4.89. The van der Waals surface area contributed by atoms with Crippen LogP contribution in [-0.2, 0) is 14.9 Å². The Bertz CT molecular complexity index is 1150. The molecule has 7 heteroatoms. The van der Waals surface area contributed by atoms with Crippen molar-refractivity contribution in [3.63, 3.8) is 0 Å². The van der Waals surface area contributed by atoms with Crippen molar-refractivity contribution in [1.29, 1.82) is 0 Å². The standard InChI is InChI=1S/C26H32N4O3/c1-17(2)22-13-20(21-14-28-30(18(3)4)24(21)29-22)25(32)33-15-23(31)27-16-26(11-8-12-26)19-9-6-5-7-10-19/h5-7,9-10,13-14,17-18H,8,11-12,15-16H2,1-4H3,(H,27,31). The van der Waals surface area contributed by atoms with Crippen molar-refractivity contribution >= 4 is 22.9 Å². The van der Waals surface area contributed by atoms with E-state index in [1.165, 1.54) is 5.56 Å². The Kier molecular flexibility index (Phi) is 6.49. The summed E-state index contributed by atoms with van der Waals surface area (Å²) in [4.78, 5) is 30.2. The van der Waals surface area contributed by atoms with E-state index >= 15 is 0 Å². The van der Waals surface area contributed by atoms with E-state index in [1.807, 2.05) is 45.9 Å². The first-order valence-electron chi connectivity index (χ1n) is 11.7. The lowest BCUT2D eigenvalue weighted by Gasteiger charge is -2.42. The number of ether oxygens (including phenoxy) is 1. The normalized spacial score (nSPS) is 15.0. The Morgan fingerprint density at radius 1 is 1.15 bits per heavy atom. The second-order valence-electron chi connectivity index (χ2n) is 9.52. The first-order valence-corrected chi connectivity index (χ1v) is 11.7. The van der Waals surface area contributed by atoms with E-state index in [9.17, 15) is 9.59 Å². The predicted octanol–water partition coefficient (Wildman–Crippen LogP) is 4.53. The Hall–Kier alpha value is -3.22. The number of hydrogen-bond donors (Lipinski definition) is 1. The number of carbonyl (C=O) groups excluding carboxylic acids is 2. The molecule has 0 radical (unpaired) electrons. The molecule has 4 rings (SSSR count). The molecule has 1 fully saturated rings. The highest BCUT2D eigenvalue weighted by Crippen LogP contribution is 2.43. The molecule has 0 aliphatic heterocycles. The number of hydrogen-bond acceptors (Lipinski definition) is 5. The maximum Gasteiger partial charge on any atom is 0.339 e. The molecule has 7 nitrogen and oxygen atoms in total. The molecule has 3 aromatic rings. The molecule has 1 aliphatic rings. The number of esters is 1. The minimum absolute atomic E-state index is 0.0181. The number of aromatic nitrogens is 3. The second kappa shape index (κ2) is 9.33. The molecule has 33 heavy (non-hydrogen) atoms. The first-order chi connectivity index (χ1) is 15.8. The zero-order valence-electron chi connectivity index (χ0n) is 19.8. The molecule has 1 aliphatic carbocycles. The number of fused-ring (bicyclic) bond motifs is 1. The average Bonchev–Trinajstić information content (AvgIpc) is 3.21. The van der Waals surface area contributed by atoms with Crippen LogP contribution in [0.4, 0.5) is 0 Å². The maximum absolute atomic E-state index is 12.9. The molecule has 1 saturated carbocycles. The van der Waals surface area contributed by atoms with Crippen LogP contribution in [0.5, 0.6) is 0 Å². The fourth-order valence-electron chi connectivity index (χ4n) is 4.37. The summed E-state index contributed by atoms with van der Waals surface area (Å²) in [6, 6.07) is 12.1. The van der Waals surface area contributed by atoms with Crippen molar-refractivity contribution in [3.05, 3.63) is 59.4 Å². The topological polar surface area (TPSA) is 86.1 Å². The summed E-state index contributed by atoms with van der Waals surface area (Å²) in [5, 5.41) is 8.01. The molecule has 0 saturated heterocycles. The Balaban J connectivity index is 1.44. The average molecular weight is 449 g/mol. The van der Waals surface area contributed by atoms with Crippen LogP contribution in [0.1, 0.15) is 80.5 Å². The summed E-state index contributed by atoms with van der Waals surface area (Å²) >= 11 is 0. The van der Waals surface area contributed by atoms with Gasteiger partial charge in [0.25, 0.3) is 5.91 Å². The van der Waals surface area contributed by atoms with Gasteiger partial charge in [-0.05, 0) is 44.2 Å². The van der Waals surface area contributed by atoms with E-state index in [0.717, 1.165) is 25.0 Å². The van der Waals surface area contributed by atoms with Gasteiger partial charge in [0.05, 0.1) is 17.1 Å². The monoisotopic (exact) mass is 448 g/mol. The third-order valence-corrected chi connectivity index (χ3v) is 6.54. The van der Waals surface area contributed by atoms with Gasteiger partial charge in [-0.3, -0.25) is 4.79 Å². The summed E-state index contributed by atoms with van der Waals surface area (Å²) < 4.78 is 7.21. The van der Waals surface area contributed by atoms with Crippen LogP contribution < -0.4 is 5.32 Å². The lowest BCUT2D eigenvalue weighted by Crippen LogP contribution is -2.46. The molecule has 1 N–H and O–H groups in total. The third kappa shape index (κ3) is 4.63. The van der Waals surface area contributed by atoms with Gasteiger partial charge in [0.15, 0.2) is 12.3 Å². The summed E-state index contributed by atoms with van der Waals surface area (Å²) in [5.41, 5.74) is 3.06. The van der Waals surface area contributed by atoms with E-state index in [1.54, 1.807) is 16.9 Å². The minimum atomic E-state index is -0.538. The lowest BCUT2D eigenvalue weighted by molar-refractivity contribution is -0.124. The fourth-order valence-corrected chi connectivity index (χ4v) is 4.37. The molecular formula is C26H32N4O3. The molecule has 0 atom stereocenters. The Labute approximate surface area is 194 Å². The number of carbonyl (C=O) groups is 2. The van der Waals surface area contributed by atoms with Crippen LogP contribution in [-0.4, -0.2) is 39.8 Å². The van der Waals surface area contributed by atoms with Gasteiger partial charge in [-0.15, -0.1) is 0 Å². The zero-order chi connectivity index (χ0) is 23.6. The molecule has 1 aromatic carbocycles. The lowest BCUT2D eigenvalue weighted by atomic mass is 9.64. The summed E-state index contributed by atoms with van der Waals surface area (Å²) in [5.74, 6) is -0.696. The third-order valence-electron chi connectivity index (χ3n) is 6.54. The molecular weight excluding hydrogens is 416 g/mol. The molecule has 2 heterocycles. The Morgan fingerprint density at radius 2 is 1.88 bits per heavy atom. The Morgan fingerprint density at radius 3 is 2.48 bits per heavy atom. The van der Waals surface area contributed by atoms with Gasteiger partial charge in [-0.1, -0.05) is 50.6 Å². The van der Waals surface area contributed by atoms with Crippen LogP contribution >= 0.6 is 0 Å². The smallest absolute Gasteiger partial charge is 0.339 e. The van der Waals surface area contributed by atoms with Crippen LogP contribution in [0, 0.1) is 0 Å². The van der Waals surface area contributed by atoms with Gasteiger partial charge in [0, 0.05) is 23.7 Å². The van der Waals surface area contributed by atoms with Crippen molar-refractivity contribution < 1.29 is 14.3 Å². The summed E-state index contributed by atoms with van der Waals surface area (Å²) in [7, 11) is 0. The van der Waals surface area contributed by atoms with Crippen molar-refractivity contribution in [1.82, 2.24) is 20.1 Å². The summed E-state index contributed by atoms with van der Waals surface area (Å²) in [6.45, 7) is 8.31. The van der Waals surface area contributed by atoms with Gasteiger partial charge in [-0.25, -0.2) is 14.5 Å². The molecule has 1 amide bonds. The zero-order valence-corrected chi connectivity index (χ0v) is 19.8. The van der Waals surface area contributed by atoms with Gasteiger partial charge in [0.2, 0.25) is 0 Å². The fraction of sp³-hybridized carbons (Fsp3) is 0.462. The van der Waals surface area contributed by atoms with Crippen LogP contribution in [0.15, 0.2) is 42.6 Å². The molecule has 2 aromatic heterocycles. The van der Waals surface area contributed by atoms with E-state index in [2.05, 4.69) is 22.5 Å². The van der Waals surface area contributed by atoms with Crippen LogP contribution in [0.3, 0.4) is 0 Å². The quantitative estimate of drug-likeness (QED) is 0.512. The van der Waals surface area contributed by atoms with Crippen LogP contribution in [0.2, 0.25) is 0 Å². The predicted molar refractivity (Wildman–Crippen MR) is 127 cm³/mol. The molecule has 0 spiro atoms. The second-order valence-corrected chi connectivity index (χ2v) is 9.52. The van der Waals surface area contributed by atoms with E-state index in [0.29, 0.717) is 23.1 Å². The van der Waals surface area contributed by atoms with Crippen molar-refractivity contribution in [2.24, 2.45) is 0 Å². The molecule has 0 bridgehead atoms. The van der Waals surface area contributed by atoms with Gasteiger partial charge in [-0.2, -0.15) is 5.10 Å². The number of benzene rings is 1. The van der Waals surface area contributed by atoms with E-state index in [-0.39, 0.29) is 29.9 Å². The van der Waals surface area contributed by atoms with Crippen molar-refractivity contribution in [2.75, 3.05) is 13.2 Å². The van der Waals surface area contributed by atoms with Crippen molar-refractivity contribution in [3.8, 4) is 0 Å². The number of rotatable bonds is 8. The highest BCUT2D eigenvalue weighted by Gasteiger charge is 2.38. The largest absolute Gasteiger partial charge is 0.452 e. The number of nitrogens with one attached hydrogen (secondary N) is 1. The van der Waals surface area contributed by atoms with E-state index in [4.69, 9.17) is 9.72 Å². The SMILES string of the molecule is CC(C)c1cc(C(=O)OCC(=O)NCC2(c3ccccc3)CCC2)c2cnn(C(C)C)c2n1. The number of nitrogens with zero attached hydrogens (tertiary/aromatic N) is 3. The van der Waals surface area contributed by atoms with Gasteiger partial charge in [0.1, 0.15) is 0 Å². The van der Waals surface area contributed by atoms with Crippen molar-refractivity contribution in [2.45, 2.75) is 64.3 Å². The number of amides is 1. The minimum Gasteiger partial charge on any atom is -0.452 e. The first kappa shape index (κ1) is 23.0. The van der Waals surface area contributed by atoms with Gasteiger partial charge >= 0.3 is 5.97 Å².